The molecule has 1 saturated heterocycles. The summed E-state index contributed by atoms with van der Waals surface area (Å²) in [4.78, 5) is 27.2. The van der Waals surface area contributed by atoms with Crippen molar-refractivity contribution in [1.82, 2.24) is 9.80 Å². The molecular weight excluding hydrogens is 261 g/mol. The predicted octanol–water partition coefficient (Wildman–Crippen LogP) is -0.00390. The van der Waals surface area contributed by atoms with Gasteiger partial charge >= 0.3 is 0 Å². The van der Waals surface area contributed by atoms with Gasteiger partial charge < -0.3 is 15.5 Å². The van der Waals surface area contributed by atoms with Crippen molar-refractivity contribution in [3.63, 3.8) is 0 Å². The zero-order valence-electron chi connectivity index (χ0n) is 11.4. The van der Waals surface area contributed by atoms with E-state index in [4.69, 9.17) is 5.73 Å². The highest BCUT2D eigenvalue weighted by atomic mass is 19.1. The minimum Gasteiger partial charge on any atom is -0.368 e. The molecule has 20 heavy (non-hydrogen) atoms. The molecule has 2 N–H and O–H groups in total. The van der Waals surface area contributed by atoms with Gasteiger partial charge in [0.15, 0.2) is 0 Å². The number of halogens is 1. The molecule has 0 bridgehead atoms. The number of nitrogens with zero attached hydrogens (tertiary/aromatic N) is 2. The van der Waals surface area contributed by atoms with Crippen LogP contribution in [0.4, 0.5) is 4.39 Å². The Hall–Kier alpha value is -1.95. The lowest BCUT2D eigenvalue weighted by molar-refractivity contribution is -0.141. The monoisotopic (exact) mass is 279 g/mol. The molecule has 1 aromatic carbocycles. The number of nitrogens with two attached hydrogens (primary N) is 1. The highest BCUT2D eigenvalue weighted by Crippen LogP contribution is 2.12. The van der Waals surface area contributed by atoms with Crippen LogP contribution in [-0.2, 0) is 16.0 Å². The van der Waals surface area contributed by atoms with Crippen LogP contribution in [0.15, 0.2) is 24.3 Å². The molecule has 0 aliphatic carbocycles. The summed E-state index contributed by atoms with van der Waals surface area (Å²) < 4.78 is 12.8. The number of amides is 2. The van der Waals surface area contributed by atoms with E-state index < -0.39 is 11.9 Å². The number of hydrogen-bond acceptors (Lipinski definition) is 3. The van der Waals surface area contributed by atoms with E-state index in [1.54, 1.807) is 12.1 Å². The minimum atomic E-state index is -0.596. The van der Waals surface area contributed by atoms with E-state index in [0.29, 0.717) is 19.6 Å². The average Bonchev–Trinajstić information content (AvgIpc) is 2.41. The summed E-state index contributed by atoms with van der Waals surface area (Å²) in [5.74, 6) is -0.992. The Morgan fingerprint density at radius 2 is 1.95 bits per heavy atom. The third-order valence-corrected chi connectivity index (χ3v) is 3.50. The van der Waals surface area contributed by atoms with Gasteiger partial charge in [-0.2, -0.15) is 0 Å². The largest absolute Gasteiger partial charge is 0.368 e. The SMILES string of the molecule is CN1CCN(C(=O)Cc2ccc(F)cc2)C(C(N)=O)C1. The second kappa shape index (κ2) is 6.00. The van der Waals surface area contributed by atoms with Gasteiger partial charge in [0.05, 0.1) is 6.42 Å². The summed E-state index contributed by atoms with van der Waals surface area (Å²) in [6, 6.07) is 5.18. The highest BCUT2D eigenvalue weighted by molar-refractivity contribution is 5.88. The van der Waals surface area contributed by atoms with Crippen molar-refractivity contribution in [2.75, 3.05) is 26.7 Å². The van der Waals surface area contributed by atoms with Crippen molar-refractivity contribution in [3.05, 3.63) is 35.6 Å². The smallest absolute Gasteiger partial charge is 0.241 e. The molecule has 1 heterocycles. The average molecular weight is 279 g/mol. The molecule has 1 unspecified atom stereocenters. The number of benzene rings is 1. The van der Waals surface area contributed by atoms with Gasteiger partial charge in [0.25, 0.3) is 0 Å². The maximum absolute atomic E-state index is 12.8. The van der Waals surface area contributed by atoms with Gasteiger partial charge in [-0.25, -0.2) is 4.39 Å². The van der Waals surface area contributed by atoms with Crippen molar-refractivity contribution in [2.24, 2.45) is 5.73 Å². The molecule has 1 atom stereocenters. The third kappa shape index (κ3) is 3.33. The molecule has 5 nitrogen and oxygen atoms in total. The number of primary amides is 1. The number of likely N-dealkylation sites (N-methyl/N-ethyl adjacent to an activating group) is 1. The molecule has 1 aromatic rings. The standard InChI is InChI=1S/C14H18FN3O2/c1-17-6-7-18(12(9-17)14(16)20)13(19)8-10-2-4-11(15)5-3-10/h2-5,12H,6-9H2,1H3,(H2,16,20). The lowest BCUT2D eigenvalue weighted by atomic mass is 10.1. The molecule has 6 heteroatoms. The van der Waals surface area contributed by atoms with Crippen LogP contribution < -0.4 is 5.73 Å². The zero-order valence-corrected chi connectivity index (χ0v) is 11.4. The second-order valence-corrected chi connectivity index (χ2v) is 5.07. The highest BCUT2D eigenvalue weighted by Gasteiger charge is 2.32. The maximum Gasteiger partial charge on any atom is 0.241 e. The molecule has 2 rings (SSSR count). The van der Waals surface area contributed by atoms with Crippen molar-refractivity contribution in [3.8, 4) is 0 Å². The predicted molar refractivity (Wildman–Crippen MR) is 72.3 cm³/mol. The number of carbonyl (C=O) groups excluding carboxylic acids is 2. The molecule has 1 aliphatic rings. The van der Waals surface area contributed by atoms with E-state index in [0.717, 1.165) is 5.56 Å². The first kappa shape index (κ1) is 14.5. The van der Waals surface area contributed by atoms with Gasteiger partial charge in [0, 0.05) is 19.6 Å². The lowest BCUT2D eigenvalue weighted by Crippen LogP contribution is -2.59. The summed E-state index contributed by atoms with van der Waals surface area (Å²) in [5.41, 5.74) is 6.08. The number of hydrogen-bond donors (Lipinski definition) is 1. The van der Waals surface area contributed by atoms with Crippen LogP contribution in [0.3, 0.4) is 0 Å². The van der Waals surface area contributed by atoms with Crippen LogP contribution in [0.5, 0.6) is 0 Å². The molecule has 108 valence electrons. The third-order valence-electron chi connectivity index (χ3n) is 3.50. The molecule has 2 amide bonds. The molecular formula is C14H18FN3O2. The molecule has 0 saturated carbocycles. The summed E-state index contributed by atoms with van der Waals surface area (Å²) in [6.45, 7) is 1.63. The van der Waals surface area contributed by atoms with E-state index in [1.807, 2.05) is 11.9 Å². The maximum atomic E-state index is 12.8. The Balaban J connectivity index is 2.06. The van der Waals surface area contributed by atoms with Gasteiger partial charge in [0.1, 0.15) is 11.9 Å². The van der Waals surface area contributed by atoms with Gasteiger partial charge in [-0.3, -0.25) is 9.59 Å². The van der Waals surface area contributed by atoms with Gasteiger partial charge in [-0.05, 0) is 24.7 Å². The van der Waals surface area contributed by atoms with Crippen LogP contribution in [0.1, 0.15) is 5.56 Å². The fourth-order valence-electron chi connectivity index (χ4n) is 2.34. The minimum absolute atomic E-state index is 0.147. The van der Waals surface area contributed by atoms with E-state index in [1.165, 1.54) is 17.0 Å². The number of rotatable bonds is 3. The number of carbonyl (C=O) groups is 2. The van der Waals surface area contributed by atoms with Crippen molar-refractivity contribution < 1.29 is 14.0 Å². The Morgan fingerprint density at radius 1 is 1.30 bits per heavy atom. The van der Waals surface area contributed by atoms with Crippen LogP contribution in [-0.4, -0.2) is 54.3 Å². The van der Waals surface area contributed by atoms with E-state index in [2.05, 4.69) is 0 Å². The van der Waals surface area contributed by atoms with Crippen molar-refractivity contribution in [1.29, 1.82) is 0 Å². The van der Waals surface area contributed by atoms with Crippen LogP contribution >= 0.6 is 0 Å². The van der Waals surface area contributed by atoms with Gasteiger partial charge in [-0.1, -0.05) is 12.1 Å². The van der Waals surface area contributed by atoms with E-state index >= 15 is 0 Å². The molecule has 0 aromatic heterocycles. The van der Waals surface area contributed by atoms with Crippen molar-refractivity contribution in [2.45, 2.75) is 12.5 Å². The summed E-state index contributed by atoms with van der Waals surface area (Å²) >= 11 is 0. The Labute approximate surface area is 117 Å². The Kier molecular flexibility index (Phi) is 4.34. The number of piperazine rings is 1. The first-order chi connectivity index (χ1) is 9.47. The first-order valence-electron chi connectivity index (χ1n) is 6.49. The fourth-order valence-corrected chi connectivity index (χ4v) is 2.34. The van der Waals surface area contributed by atoms with E-state index in [9.17, 15) is 14.0 Å². The molecule has 1 aliphatic heterocycles. The van der Waals surface area contributed by atoms with Gasteiger partial charge in [-0.15, -0.1) is 0 Å². The fraction of sp³-hybridized carbons (Fsp3) is 0.429. The summed E-state index contributed by atoms with van der Waals surface area (Å²) in [7, 11) is 1.89. The van der Waals surface area contributed by atoms with Crippen LogP contribution in [0.2, 0.25) is 0 Å². The molecule has 1 fully saturated rings. The van der Waals surface area contributed by atoms with Crippen LogP contribution in [0, 0.1) is 5.82 Å². The summed E-state index contributed by atoms with van der Waals surface area (Å²) in [5, 5.41) is 0. The lowest BCUT2D eigenvalue weighted by Gasteiger charge is -2.38. The topological polar surface area (TPSA) is 66.6 Å². The Bertz CT molecular complexity index is 504. The molecule has 0 spiro atoms. The molecule has 0 radical (unpaired) electrons. The normalized spacial score (nSPS) is 19.9. The van der Waals surface area contributed by atoms with Crippen molar-refractivity contribution >= 4 is 11.8 Å². The first-order valence-corrected chi connectivity index (χ1v) is 6.49. The van der Waals surface area contributed by atoms with E-state index in [-0.39, 0.29) is 18.1 Å². The Morgan fingerprint density at radius 3 is 2.55 bits per heavy atom. The zero-order chi connectivity index (χ0) is 14.7. The van der Waals surface area contributed by atoms with Gasteiger partial charge in [0.2, 0.25) is 11.8 Å². The quantitative estimate of drug-likeness (QED) is 0.846. The van der Waals surface area contributed by atoms with Crippen LogP contribution in [0.25, 0.3) is 0 Å². The second-order valence-electron chi connectivity index (χ2n) is 5.07. The summed E-state index contributed by atoms with van der Waals surface area (Å²) in [6.07, 6.45) is 0.147.